The van der Waals surface area contributed by atoms with Crippen molar-refractivity contribution in [1.29, 1.82) is 0 Å². The zero-order valence-electron chi connectivity index (χ0n) is 12.6. The number of hydrogen-bond donors (Lipinski definition) is 2. The van der Waals surface area contributed by atoms with Crippen molar-refractivity contribution in [3.05, 3.63) is 29.8 Å². The number of hydrogen-bond acceptors (Lipinski definition) is 2. The molecule has 20 heavy (non-hydrogen) atoms. The molecule has 0 radical (unpaired) electrons. The van der Waals surface area contributed by atoms with E-state index in [1.807, 2.05) is 24.3 Å². The number of benzene rings is 1. The van der Waals surface area contributed by atoms with Gasteiger partial charge in [0.05, 0.1) is 12.2 Å². The van der Waals surface area contributed by atoms with Crippen molar-refractivity contribution in [3.63, 3.8) is 0 Å². The molecule has 3 nitrogen and oxygen atoms in total. The van der Waals surface area contributed by atoms with Gasteiger partial charge in [-0.15, -0.1) is 0 Å². The van der Waals surface area contributed by atoms with Gasteiger partial charge in [0, 0.05) is 11.5 Å². The summed E-state index contributed by atoms with van der Waals surface area (Å²) < 4.78 is 0. The van der Waals surface area contributed by atoms with E-state index < -0.39 is 0 Å². The van der Waals surface area contributed by atoms with Crippen molar-refractivity contribution in [2.45, 2.75) is 27.7 Å². The summed E-state index contributed by atoms with van der Waals surface area (Å²) >= 11 is 0. The minimum Gasteiger partial charge on any atom is -0.325 e. The van der Waals surface area contributed by atoms with E-state index in [1.54, 1.807) is 0 Å². The van der Waals surface area contributed by atoms with Gasteiger partial charge < -0.3 is 11.1 Å². The van der Waals surface area contributed by atoms with Crippen LogP contribution in [0.25, 0.3) is 0 Å². The van der Waals surface area contributed by atoms with Crippen molar-refractivity contribution in [2.24, 2.45) is 22.5 Å². The Kier molecular flexibility index (Phi) is 3.62. The Morgan fingerprint density at radius 3 is 2.40 bits per heavy atom. The SMILES string of the molecule is CC1(C)C(C(=O)Nc2ccccc2C#CCN)C1(C)C. The molecule has 1 aliphatic rings. The third-order valence-corrected chi connectivity index (χ3v) is 4.79. The van der Waals surface area contributed by atoms with Crippen LogP contribution in [0.4, 0.5) is 5.69 Å². The minimum absolute atomic E-state index is 0.0329. The first-order valence-electron chi connectivity index (χ1n) is 6.91. The van der Waals surface area contributed by atoms with Crippen LogP contribution in [0.3, 0.4) is 0 Å². The largest absolute Gasteiger partial charge is 0.325 e. The topological polar surface area (TPSA) is 55.1 Å². The van der Waals surface area contributed by atoms with E-state index in [0.717, 1.165) is 11.3 Å². The highest BCUT2D eigenvalue weighted by molar-refractivity contribution is 5.97. The van der Waals surface area contributed by atoms with Crippen LogP contribution in [-0.2, 0) is 4.79 Å². The van der Waals surface area contributed by atoms with Crippen LogP contribution in [0.5, 0.6) is 0 Å². The monoisotopic (exact) mass is 270 g/mol. The van der Waals surface area contributed by atoms with E-state index in [2.05, 4.69) is 44.9 Å². The number of amides is 1. The number of rotatable bonds is 2. The Morgan fingerprint density at radius 1 is 1.25 bits per heavy atom. The molecule has 3 heteroatoms. The van der Waals surface area contributed by atoms with Crippen LogP contribution in [-0.4, -0.2) is 12.5 Å². The van der Waals surface area contributed by atoms with Gasteiger partial charge in [-0.1, -0.05) is 51.7 Å². The lowest BCUT2D eigenvalue weighted by Crippen LogP contribution is -2.18. The van der Waals surface area contributed by atoms with Gasteiger partial charge in [-0.3, -0.25) is 4.79 Å². The summed E-state index contributed by atoms with van der Waals surface area (Å²) in [7, 11) is 0. The quantitative estimate of drug-likeness (QED) is 0.812. The van der Waals surface area contributed by atoms with Gasteiger partial charge in [-0.2, -0.15) is 0 Å². The molecule has 0 aliphatic heterocycles. The molecule has 1 aliphatic carbocycles. The van der Waals surface area contributed by atoms with E-state index >= 15 is 0 Å². The Labute approximate surface area is 120 Å². The molecule has 0 unspecified atom stereocenters. The molecular formula is C17H22N2O. The molecule has 0 aromatic heterocycles. The van der Waals surface area contributed by atoms with Gasteiger partial charge in [-0.05, 0) is 23.0 Å². The number of carbonyl (C=O) groups excluding carboxylic acids is 1. The van der Waals surface area contributed by atoms with Gasteiger partial charge in [0.15, 0.2) is 0 Å². The molecule has 1 aromatic rings. The maximum atomic E-state index is 12.4. The maximum absolute atomic E-state index is 12.4. The Balaban J connectivity index is 2.18. The Bertz CT molecular complexity index is 576. The maximum Gasteiger partial charge on any atom is 0.228 e. The van der Waals surface area contributed by atoms with Crippen LogP contribution in [0, 0.1) is 28.6 Å². The zero-order valence-corrected chi connectivity index (χ0v) is 12.6. The third-order valence-electron chi connectivity index (χ3n) is 4.79. The molecule has 1 amide bonds. The summed E-state index contributed by atoms with van der Waals surface area (Å²) in [5, 5.41) is 3.01. The first-order valence-corrected chi connectivity index (χ1v) is 6.91. The molecule has 0 atom stereocenters. The fraction of sp³-hybridized carbons (Fsp3) is 0.471. The molecule has 1 saturated carbocycles. The molecule has 0 saturated heterocycles. The Morgan fingerprint density at radius 2 is 1.85 bits per heavy atom. The highest BCUT2D eigenvalue weighted by Crippen LogP contribution is 2.68. The van der Waals surface area contributed by atoms with Crippen molar-refractivity contribution >= 4 is 11.6 Å². The first kappa shape index (κ1) is 14.6. The molecule has 3 N–H and O–H groups in total. The third kappa shape index (κ3) is 2.32. The number of nitrogens with one attached hydrogen (secondary N) is 1. The average Bonchev–Trinajstić information content (AvgIpc) is 2.78. The smallest absolute Gasteiger partial charge is 0.228 e. The summed E-state index contributed by atoms with van der Waals surface area (Å²) in [5.41, 5.74) is 7.04. The standard InChI is InChI=1S/C17H22N2O/c1-16(2)14(17(16,3)4)15(20)19-13-10-6-5-8-12(13)9-7-11-18/h5-6,8,10,14H,11,18H2,1-4H3,(H,19,20). The van der Waals surface area contributed by atoms with E-state index in [9.17, 15) is 4.79 Å². The molecule has 0 spiro atoms. The number of para-hydroxylation sites is 1. The number of nitrogens with two attached hydrogens (primary N) is 1. The molecule has 1 fully saturated rings. The number of anilines is 1. The highest BCUT2D eigenvalue weighted by Gasteiger charge is 2.68. The Hall–Kier alpha value is -1.79. The van der Waals surface area contributed by atoms with Gasteiger partial charge in [0.25, 0.3) is 0 Å². The molecule has 0 bridgehead atoms. The molecule has 1 aromatic carbocycles. The van der Waals surface area contributed by atoms with E-state index in [-0.39, 0.29) is 22.7 Å². The van der Waals surface area contributed by atoms with Gasteiger partial charge in [-0.25, -0.2) is 0 Å². The fourth-order valence-corrected chi connectivity index (χ4v) is 2.90. The van der Waals surface area contributed by atoms with E-state index in [0.29, 0.717) is 6.54 Å². The zero-order chi connectivity index (χ0) is 15.0. The molecule has 2 rings (SSSR count). The summed E-state index contributed by atoms with van der Waals surface area (Å²) in [6, 6.07) is 7.57. The van der Waals surface area contributed by atoms with Gasteiger partial charge >= 0.3 is 0 Å². The predicted octanol–water partition coefficient (Wildman–Crippen LogP) is 2.62. The summed E-state index contributed by atoms with van der Waals surface area (Å²) in [6.45, 7) is 8.86. The second-order valence-corrected chi connectivity index (χ2v) is 6.42. The van der Waals surface area contributed by atoms with Crippen molar-refractivity contribution in [2.75, 3.05) is 11.9 Å². The van der Waals surface area contributed by atoms with Crippen molar-refractivity contribution in [3.8, 4) is 11.8 Å². The molecule has 106 valence electrons. The van der Waals surface area contributed by atoms with Crippen LogP contribution in [0.15, 0.2) is 24.3 Å². The lowest BCUT2D eigenvalue weighted by atomic mass is 10.0. The van der Waals surface area contributed by atoms with Crippen LogP contribution < -0.4 is 11.1 Å². The van der Waals surface area contributed by atoms with Gasteiger partial charge in [0.1, 0.15) is 0 Å². The van der Waals surface area contributed by atoms with Crippen molar-refractivity contribution < 1.29 is 4.79 Å². The molecule has 0 heterocycles. The second kappa shape index (κ2) is 4.96. The highest BCUT2D eigenvalue weighted by atomic mass is 16.2. The predicted molar refractivity (Wildman–Crippen MR) is 82.1 cm³/mol. The second-order valence-electron chi connectivity index (χ2n) is 6.42. The lowest BCUT2D eigenvalue weighted by molar-refractivity contribution is -0.118. The minimum atomic E-state index is 0.0329. The van der Waals surface area contributed by atoms with Crippen LogP contribution >= 0.6 is 0 Å². The summed E-state index contributed by atoms with van der Waals surface area (Å²) in [6.07, 6.45) is 0. The fourth-order valence-electron chi connectivity index (χ4n) is 2.90. The van der Waals surface area contributed by atoms with E-state index in [1.165, 1.54) is 0 Å². The average molecular weight is 270 g/mol. The lowest BCUT2D eigenvalue weighted by Gasteiger charge is -2.08. The first-order chi connectivity index (χ1) is 9.32. The summed E-state index contributed by atoms with van der Waals surface area (Å²) in [4.78, 5) is 12.4. The van der Waals surface area contributed by atoms with Crippen LogP contribution in [0.2, 0.25) is 0 Å². The van der Waals surface area contributed by atoms with E-state index in [4.69, 9.17) is 5.73 Å². The van der Waals surface area contributed by atoms with Crippen molar-refractivity contribution in [1.82, 2.24) is 0 Å². The van der Waals surface area contributed by atoms with Gasteiger partial charge in [0.2, 0.25) is 5.91 Å². The summed E-state index contributed by atoms with van der Waals surface area (Å²) in [5.74, 6) is 5.92. The normalized spacial score (nSPS) is 18.9. The molecular weight excluding hydrogens is 248 g/mol. The number of carbonyl (C=O) groups is 1. The van der Waals surface area contributed by atoms with Crippen LogP contribution in [0.1, 0.15) is 33.3 Å².